The Hall–Kier alpha value is -0.340. The predicted octanol–water partition coefficient (Wildman–Crippen LogP) is 0.565. The number of rotatable bonds is 4. The second-order valence-corrected chi connectivity index (χ2v) is 3.35. The average molecular weight is 294 g/mol. The minimum Gasteiger partial charge on any atom is -0.465 e. The number of aliphatic hydroxyl groups is 1. The molecule has 90 valence electrons. The van der Waals surface area contributed by atoms with E-state index in [9.17, 15) is 23.1 Å². The maximum absolute atomic E-state index is 12.4. The molecule has 8 heteroatoms. The summed E-state index contributed by atoms with van der Waals surface area (Å²) in [6.45, 7) is 1.31. The molecule has 0 aliphatic rings. The number of hydrogen-bond donors (Lipinski definition) is 2. The van der Waals surface area contributed by atoms with Gasteiger partial charge in [0.05, 0.1) is 6.61 Å². The van der Waals surface area contributed by atoms with Gasteiger partial charge in [0.25, 0.3) is 0 Å². The molecule has 0 aromatic heterocycles. The Balaban J connectivity index is 4.89. The molecule has 0 heterocycles. The van der Waals surface area contributed by atoms with Crippen molar-refractivity contribution in [3.63, 3.8) is 0 Å². The molecule has 0 bridgehead atoms. The molecule has 3 N–H and O–H groups in total. The molecular formula is C7H11BrF3NO3. The van der Waals surface area contributed by atoms with E-state index in [0.29, 0.717) is 0 Å². The zero-order valence-electron chi connectivity index (χ0n) is 7.84. The van der Waals surface area contributed by atoms with Crippen molar-refractivity contribution < 1.29 is 27.8 Å². The number of carbonyl (C=O) groups is 1. The Morgan fingerprint density at radius 1 is 1.60 bits per heavy atom. The molecule has 0 aliphatic carbocycles. The monoisotopic (exact) mass is 293 g/mol. The van der Waals surface area contributed by atoms with Gasteiger partial charge in [0.1, 0.15) is 6.04 Å². The first kappa shape index (κ1) is 14.7. The van der Waals surface area contributed by atoms with Crippen LogP contribution in [0.1, 0.15) is 6.92 Å². The lowest BCUT2D eigenvalue weighted by molar-refractivity contribution is -0.258. The minimum atomic E-state index is -5.01. The third-order valence-electron chi connectivity index (χ3n) is 1.75. The summed E-state index contributed by atoms with van der Waals surface area (Å²) in [6.07, 6.45) is -5.01. The van der Waals surface area contributed by atoms with Gasteiger partial charge < -0.3 is 15.6 Å². The van der Waals surface area contributed by atoms with Crippen molar-refractivity contribution in [2.24, 2.45) is 5.73 Å². The van der Waals surface area contributed by atoms with Crippen LogP contribution in [0.15, 0.2) is 0 Å². The van der Waals surface area contributed by atoms with E-state index in [-0.39, 0.29) is 6.61 Å². The number of carbonyl (C=O) groups excluding carboxylic acids is 1. The second-order valence-electron chi connectivity index (χ2n) is 2.79. The number of alkyl halides is 4. The van der Waals surface area contributed by atoms with Crippen LogP contribution in [0.3, 0.4) is 0 Å². The summed E-state index contributed by atoms with van der Waals surface area (Å²) in [4.78, 5) is 11.0. The summed E-state index contributed by atoms with van der Waals surface area (Å²) >= 11 is 2.47. The fourth-order valence-corrected chi connectivity index (χ4v) is 1.43. The molecule has 0 amide bonds. The highest BCUT2D eigenvalue weighted by Crippen LogP contribution is 2.34. The molecular weight excluding hydrogens is 283 g/mol. The first-order chi connectivity index (χ1) is 6.70. The first-order valence-electron chi connectivity index (χ1n) is 3.98. The van der Waals surface area contributed by atoms with Crippen molar-refractivity contribution in [3.05, 3.63) is 0 Å². The van der Waals surface area contributed by atoms with Crippen LogP contribution in [0.4, 0.5) is 13.2 Å². The van der Waals surface area contributed by atoms with Crippen LogP contribution in [-0.4, -0.2) is 40.8 Å². The van der Waals surface area contributed by atoms with E-state index < -0.39 is 29.1 Å². The van der Waals surface area contributed by atoms with Crippen LogP contribution >= 0.6 is 15.9 Å². The van der Waals surface area contributed by atoms with E-state index in [1.165, 1.54) is 6.92 Å². The lowest BCUT2D eigenvalue weighted by Crippen LogP contribution is -2.63. The standard InChI is InChI=1S/C7H11BrF3NO3/c1-2-15-5(13)4(12)6(14,3-8)7(9,10)11/h4,14H,2-3,12H2,1H3. The second kappa shape index (κ2) is 5.13. The number of halogens is 4. The van der Waals surface area contributed by atoms with Gasteiger partial charge in [0, 0.05) is 5.33 Å². The topological polar surface area (TPSA) is 72.5 Å². The molecule has 0 radical (unpaired) electrons. The summed E-state index contributed by atoms with van der Waals surface area (Å²) in [5, 5.41) is 8.33. The van der Waals surface area contributed by atoms with Crippen molar-refractivity contribution >= 4 is 21.9 Å². The third-order valence-corrected chi connectivity index (χ3v) is 2.60. The highest BCUT2D eigenvalue weighted by atomic mass is 79.9. The molecule has 0 fully saturated rings. The highest BCUT2D eigenvalue weighted by Gasteiger charge is 2.59. The van der Waals surface area contributed by atoms with E-state index in [4.69, 9.17) is 5.73 Å². The molecule has 0 rings (SSSR count). The van der Waals surface area contributed by atoms with Crippen molar-refractivity contribution in [1.29, 1.82) is 0 Å². The fraction of sp³-hybridized carbons (Fsp3) is 0.857. The highest BCUT2D eigenvalue weighted by molar-refractivity contribution is 9.09. The third kappa shape index (κ3) is 3.05. The minimum absolute atomic E-state index is 0.108. The molecule has 4 nitrogen and oxygen atoms in total. The number of esters is 1. The summed E-state index contributed by atoms with van der Waals surface area (Å²) in [7, 11) is 0. The molecule has 15 heavy (non-hydrogen) atoms. The molecule has 0 saturated heterocycles. The van der Waals surface area contributed by atoms with Gasteiger partial charge in [0.2, 0.25) is 0 Å². The number of nitrogens with two attached hydrogens (primary N) is 1. The van der Waals surface area contributed by atoms with Crippen LogP contribution in [0, 0.1) is 0 Å². The van der Waals surface area contributed by atoms with Crippen LogP contribution in [0.5, 0.6) is 0 Å². The molecule has 2 atom stereocenters. The zero-order chi connectivity index (χ0) is 12.3. The van der Waals surface area contributed by atoms with Gasteiger partial charge in [-0.1, -0.05) is 15.9 Å². The number of hydrogen-bond acceptors (Lipinski definition) is 4. The van der Waals surface area contributed by atoms with Gasteiger partial charge in [-0.05, 0) is 6.92 Å². The van der Waals surface area contributed by atoms with E-state index >= 15 is 0 Å². The summed E-state index contributed by atoms with van der Waals surface area (Å²) in [5.74, 6) is -1.29. The van der Waals surface area contributed by atoms with E-state index in [0.717, 1.165) is 0 Å². The van der Waals surface area contributed by atoms with Gasteiger partial charge in [-0.25, -0.2) is 0 Å². The van der Waals surface area contributed by atoms with Crippen molar-refractivity contribution in [1.82, 2.24) is 0 Å². The van der Waals surface area contributed by atoms with Crippen molar-refractivity contribution in [2.45, 2.75) is 24.7 Å². The Labute approximate surface area is 92.7 Å². The molecule has 2 unspecified atom stereocenters. The quantitative estimate of drug-likeness (QED) is 0.587. The molecule has 0 aromatic carbocycles. The molecule has 0 aliphatic heterocycles. The maximum atomic E-state index is 12.4. The molecule has 0 spiro atoms. The van der Waals surface area contributed by atoms with E-state index in [2.05, 4.69) is 20.7 Å². The smallest absolute Gasteiger partial charge is 0.420 e. The Morgan fingerprint density at radius 3 is 2.33 bits per heavy atom. The van der Waals surface area contributed by atoms with Gasteiger partial charge >= 0.3 is 12.1 Å². The SMILES string of the molecule is CCOC(=O)C(N)C(O)(CBr)C(F)(F)F. The average Bonchev–Trinajstić information content (AvgIpc) is 2.14. The van der Waals surface area contributed by atoms with Gasteiger partial charge in [-0.2, -0.15) is 13.2 Å². The van der Waals surface area contributed by atoms with E-state index in [1.54, 1.807) is 0 Å². The Morgan fingerprint density at radius 2 is 2.07 bits per heavy atom. The largest absolute Gasteiger partial charge is 0.465 e. The lowest BCUT2D eigenvalue weighted by Gasteiger charge is -2.32. The van der Waals surface area contributed by atoms with Crippen LogP contribution in [-0.2, 0) is 9.53 Å². The normalized spacial score (nSPS) is 18.1. The summed E-state index contributed by atoms with van der Waals surface area (Å²) in [5.41, 5.74) is 1.68. The van der Waals surface area contributed by atoms with Gasteiger partial charge in [-0.3, -0.25) is 4.79 Å². The Kier molecular flexibility index (Phi) is 5.01. The van der Waals surface area contributed by atoms with Crippen LogP contribution in [0.2, 0.25) is 0 Å². The number of ether oxygens (including phenoxy) is 1. The zero-order valence-corrected chi connectivity index (χ0v) is 9.43. The molecule has 0 saturated carbocycles. The van der Waals surface area contributed by atoms with Gasteiger partial charge in [-0.15, -0.1) is 0 Å². The summed E-state index contributed by atoms with van der Waals surface area (Å²) in [6, 6.07) is -2.17. The van der Waals surface area contributed by atoms with Crippen molar-refractivity contribution in [2.75, 3.05) is 11.9 Å². The van der Waals surface area contributed by atoms with Crippen molar-refractivity contribution in [3.8, 4) is 0 Å². The van der Waals surface area contributed by atoms with E-state index in [1.807, 2.05) is 0 Å². The lowest BCUT2D eigenvalue weighted by atomic mass is 9.96. The predicted molar refractivity (Wildman–Crippen MR) is 49.4 cm³/mol. The van der Waals surface area contributed by atoms with Gasteiger partial charge in [0.15, 0.2) is 5.60 Å². The molecule has 0 aromatic rings. The summed E-state index contributed by atoms with van der Waals surface area (Å²) < 4.78 is 41.5. The fourth-order valence-electron chi connectivity index (χ4n) is 0.762. The Bertz CT molecular complexity index is 236. The first-order valence-corrected chi connectivity index (χ1v) is 5.10. The maximum Gasteiger partial charge on any atom is 0.420 e. The van der Waals surface area contributed by atoms with Crippen LogP contribution in [0.25, 0.3) is 0 Å². The van der Waals surface area contributed by atoms with Crippen LogP contribution < -0.4 is 5.73 Å².